The fourth-order valence-corrected chi connectivity index (χ4v) is 0.865. The van der Waals surface area contributed by atoms with Crippen LogP contribution in [0, 0.1) is 0 Å². The number of ether oxygens (including phenoxy) is 2. The van der Waals surface area contributed by atoms with Gasteiger partial charge in [0, 0.05) is 0 Å². The van der Waals surface area contributed by atoms with E-state index in [-0.39, 0.29) is 6.04 Å². The summed E-state index contributed by atoms with van der Waals surface area (Å²) in [7, 11) is 0. The molecule has 0 radical (unpaired) electrons. The molecular weight excluding hydrogens is 224 g/mol. The quantitative estimate of drug-likeness (QED) is 0.806. The first-order valence-corrected chi connectivity index (χ1v) is 4.32. The van der Waals surface area contributed by atoms with Gasteiger partial charge in [0.05, 0.1) is 15.5 Å². The predicted octanol–water partition coefficient (Wildman–Crippen LogP) is 0.961. The molecule has 1 rings (SSSR count). The van der Waals surface area contributed by atoms with Gasteiger partial charge in [-0.15, -0.1) is 0 Å². The lowest BCUT2D eigenvalue weighted by Gasteiger charge is -2.16. The molecular formula is C11H14N2O4. The Morgan fingerprint density at radius 2 is 1.71 bits per heavy atom. The maximum absolute atomic E-state index is 10.9. The third-order valence-electron chi connectivity index (χ3n) is 1.47. The second-order valence-electron chi connectivity index (χ2n) is 2.67. The summed E-state index contributed by atoms with van der Waals surface area (Å²) in [5.74, 6) is -2.26. The molecule has 0 aromatic heterocycles. The van der Waals surface area contributed by atoms with E-state index in [0.717, 1.165) is 12.1 Å². The van der Waals surface area contributed by atoms with Gasteiger partial charge in [0.2, 0.25) is 0 Å². The van der Waals surface area contributed by atoms with Crippen LogP contribution < -0.4 is 11.5 Å². The Kier molecular flexibility index (Phi) is 2.21. The SMILES string of the molecule is [2H]c1cc([2H])c(C(C([2H])([2H])OC(N)=O)C([2H])([2H])OC(N)=O)c([2H])c1. The summed E-state index contributed by atoms with van der Waals surface area (Å²) in [4.78, 5) is 21.8. The Bertz CT molecular complexity index is 617. The van der Waals surface area contributed by atoms with Crippen molar-refractivity contribution in [1.29, 1.82) is 0 Å². The van der Waals surface area contributed by atoms with Crippen molar-refractivity contribution in [3.8, 4) is 0 Å². The number of carbonyl (C=O) groups excluding carboxylic acids is 2. The molecule has 0 heterocycles. The van der Waals surface area contributed by atoms with Crippen LogP contribution in [0.1, 0.15) is 21.1 Å². The molecule has 0 atom stereocenters. The van der Waals surface area contributed by atoms with E-state index in [2.05, 4.69) is 9.47 Å². The molecule has 0 saturated carbocycles. The normalized spacial score (nSPS) is 17.6. The molecule has 0 saturated heterocycles. The summed E-state index contributed by atoms with van der Waals surface area (Å²) in [6.45, 7) is -6.39. The van der Waals surface area contributed by atoms with Crippen LogP contribution >= 0.6 is 0 Å². The molecule has 0 fully saturated rings. The zero-order chi connectivity index (χ0) is 18.9. The number of carbonyl (C=O) groups is 2. The number of rotatable bonds is 5. The molecule has 6 nitrogen and oxygen atoms in total. The molecule has 0 aliphatic heterocycles. The predicted molar refractivity (Wildman–Crippen MR) is 60.3 cm³/mol. The summed E-state index contributed by atoms with van der Waals surface area (Å²) < 4.78 is 62.5. The summed E-state index contributed by atoms with van der Waals surface area (Å²) in [6, 6.07) is 0.403. The fraction of sp³-hybridized carbons (Fsp3) is 0.273. The third kappa shape index (κ3) is 4.87. The second kappa shape index (κ2) is 6.37. The fourth-order valence-electron chi connectivity index (χ4n) is 0.865. The van der Waals surface area contributed by atoms with Gasteiger partial charge in [0.25, 0.3) is 0 Å². The lowest BCUT2D eigenvalue weighted by atomic mass is 10.0. The van der Waals surface area contributed by atoms with Crippen molar-refractivity contribution in [2.24, 2.45) is 11.5 Å². The highest BCUT2D eigenvalue weighted by atomic mass is 16.6. The van der Waals surface area contributed by atoms with E-state index in [9.17, 15) is 9.59 Å². The Hall–Kier alpha value is -2.24. The average molecular weight is 245 g/mol. The van der Waals surface area contributed by atoms with Gasteiger partial charge >= 0.3 is 12.2 Å². The van der Waals surface area contributed by atoms with E-state index in [0.29, 0.717) is 0 Å². The van der Waals surface area contributed by atoms with E-state index < -0.39 is 48.9 Å². The van der Waals surface area contributed by atoms with E-state index in [4.69, 9.17) is 21.1 Å². The van der Waals surface area contributed by atoms with E-state index in [1.807, 2.05) is 0 Å². The van der Waals surface area contributed by atoms with Crippen molar-refractivity contribution in [3.63, 3.8) is 0 Å². The zero-order valence-electron chi connectivity index (χ0n) is 15.5. The molecule has 0 bridgehead atoms. The topological polar surface area (TPSA) is 105 Å². The summed E-state index contributed by atoms with van der Waals surface area (Å²) in [6.07, 6.45) is -3.18. The largest absolute Gasteiger partial charge is 0.449 e. The summed E-state index contributed by atoms with van der Waals surface area (Å²) in [5.41, 5.74) is 8.92. The Balaban J connectivity index is 3.61. The van der Waals surface area contributed by atoms with Gasteiger partial charge < -0.3 is 20.9 Å². The molecule has 1 aromatic rings. The zero-order valence-corrected chi connectivity index (χ0v) is 8.52. The maximum Gasteiger partial charge on any atom is 0.404 e. The van der Waals surface area contributed by atoms with Crippen LogP contribution in [-0.4, -0.2) is 25.3 Å². The summed E-state index contributed by atoms with van der Waals surface area (Å²) in [5, 5.41) is 0. The smallest absolute Gasteiger partial charge is 0.404 e. The van der Waals surface area contributed by atoms with Crippen molar-refractivity contribution in [1.82, 2.24) is 0 Å². The van der Waals surface area contributed by atoms with Crippen LogP contribution in [0.5, 0.6) is 0 Å². The maximum atomic E-state index is 10.9. The first kappa shape index (κ1) is 5.90. The molecule has 0 aliphatic carbocycles. The van der Waals surface area contributed by atoms with Gasteiger partial charge in [0.15, 0.2) is 0 Å². The number of hydrogen-bond donors (Lipinski definition) is 2. The first-order chi connectivity index (χ1) is 10.8. The second-order valence-corrected chi connectivity index (χ2v) is 2.67. The Labute approximate surface area is 108 Å². The molecule has 0 unspecified atom stereocenters. The van der Waals surface area contributed by atoms with Crippen LogP contribution in [0.2, 0.25) is 0 Å². The lowest BCUT2D eigenvalue weighted by Crippen LogP contribution is -2.23. The number of hydrogen-bond acceptors (Lipinski definition) is 4. The van der Waals surface area contributed by atoms with Gasteiger partial charge in [-0.05, 0) is 5.56 Å². The first-order valence-electron chi connectivity index (χ1n) is 7.82. The Morgan fingerprint density at radius 3 is 2.12 bits per heavy atom. The van der Waals surface area contributed by atoms with Crippen LogP contribution in [0.25, 0.3) is 0 Å². The molecule has 0 spiro atoms. The van der Waals surface area contributed by atoms with E-state index in [1.54, 1.807) is 0 Å². The molecule has 0 aliphatic rings. The molecule has 92 valence electrons. The summed E-state index contributed by atoms with van der Waals surface area (Å²) >= 11 is 0. The van der Waals surface area contributed by atoms with Crippen LogP contribution in [0.3, 0.4) is 0 Å². The lowest BCUT2D eigenvalue weighted by molar-refractivity contribution is 0.116. The minimum Gasteiger partial charge on any atom is -0.449 e. The third-order valence-corrected chi connectivity index (χ3v) is 1.47. The standard InChI is InChI=1S/C11H14N2O4/c12-10(14)16-6-9(7-17-11(13)15)8-4-2-1-3-5-8/h1-5,9H,6-7H2,(H2,12,14)(H2,13,15)/i1D,4D,5D,6D2,7D2. The molecule has 2 amide bonds. The highest BCUT2D eigenvalue weighted by Crippen LogP contribution is 2.16. The number of primary amides is 2. The number of amides is 2. The van der Waals surface area contributed by atoms with Crippen molar-refractivity contribution in [2.75, 3.05) is 13.1 Å². The minimum absolute atomic E-state index is 0.250. The van der Waals surface area contributed by atoms with Gasteiger partial charge in [-0.3, -0.25) is 0 Å². The molecule has 6 heteroatoms. The highest BCUT2D eigenvalue weighted by molar-refractivity contribution is 5.65. The van der Waals surface area contributed by atoms with Gasteiger partial charge in [-0.25, -0.2) is 9.59 Å². The van der Waals surface area contributed by atoms with Crippen molar-refractivity contribution in [3.05, 3.63) is 35.8 Å². The van der Waals surface area contributed by atoms with Crippen molar-refractivity contribution in [2.45, 2.75) is 5.92 Å². The van der Waals surface area contributed by atoms with Crippen molar-refractivity contribution < 1.29 is 28.7 Å². The van der Waals surface area contributed by atoms with Gasteiger partial charge in [-0.1, -0.05) is 30.3 Å². The molecule has 1 aromatic carbocycles. The number of nitrogens with two attached hydrogens (primary N) is 2. The van der Waals surface area contributed by atoms with Crippen LogP contribution in [-0.2, 0) is 9.47 Å². The van der Waals surface area contributed by atoms with Crippen molar-refractivity contribution >= 4 is 12.2 Å². The monoisotopic (exact) mass is 245 g/mol. The highest BCUT2D eigenvalue weighted by Gasteiger charge is 2.15. The van der Waals surface area contributed by atoms with Gasteiger partial charge in [0.1, 0.15) is 13.1 Å². The van der Waals surface area contributed by atoms with Crippen LogP contribution in [0.15, 0.2) is 30.3 Å². The Morgan fingerprint density at radius 1 is 1.24 bits per heavy atom. The molecule has 17 heavy (non-hydrogen) atoms. The number of benzene rings is 1. The van der Waals surface area contributed by atoms with E-state index in [1.165, 1.54) is 0 Å². The minimum atomic E-state index is -3.19. The van der Waals surface area contributed by atoms with Crippen LogP contribution in [0.4, 0.5) is 9.59 Å². The van der Waals surface area contributed by atoms with E-state index >= 15 is 0 Å². The molecule has 4 N–H and O–H groups in total. The average Bonchev–Trinajstić information content (AvgIpc) is 2.29. The van der Waals surface area contributed by atoms with Gasteiger partial charge in [-0.2, -0.15) is 0 Å².